The second-order valence-corrected chi connectivity index (χ2v) is 10.3. The summed E-state index contributed by atoms with van der Waals surface area (Å²) in [4.78, 5) is 15.7. The lowest BCUT2D eigenvalue weighted by atomic mass is 10.1. The Hall–Kier alpha value is -1.02. The van der Waals surface area contributed by atoms with Crippen molar-refractivity contribution in [2.24, 2.45) is 0 Å². The molecule has 2 N–H and O–H groups in total. The minimum absolute atomic E-state index is 0.0654. The SMILES string of the molecule is Cc1ccc(Cl)cc1N1CC[NH+](CC(=O)N[C@H]2CS(=O)(=O)C[C@H]2Cl)CC1. The number of benzene rings is 1. The number of halogens is 2. The van der Waals surface area contributed by atoms with Crippen molar-refractivity contribution in [3.63, 3.8) is 0 Å². The lowest BCUT2D eigenvalue weighted by Crippen LogP contribution is -3.16. The molecule has 2 aliphatic heterocycles. The van der Waals surface area contributed by atoms with E-state index in [2.05, 4.69) is 17.1 Å². The molecule has 26 heavy (non-hydrogen) atoms. The number of aryl methyl sites for hydroxylation is 1. The van der Waals surface area contributed by atoms with Gasteiger partial charge in [-0.25, -0.2) is 8.42 Å². The monoisotopic (exact) mass is 420 g/mol. The normalized spacial score (nSPS) is 26.0. The Morgan fingerprint density at radius 3 is 2.62 bits per heavy atom. The Balaban J connectivity index is 1.49. The average Bonchev–Trinajstić information content (AvgIpc) is 2.82. The van der Waals surface area contributed by atoms with E-state index < -0.39 is 21.3 Å². The number of sulfone groups is 1. The maximum atomic E-state index is 12.3. The van der Waals surface area contributed by atoms with Crippen molar-refractivity contribution in [2.75, 3.05) is 49.1 Å². The first-order valence-corrected chi connectivity index (χ1v) is 11.4. The third kappa shape index (κ3) is 4.82. The summed E-state index contributed by atoms with van der Waals surface area (Å²) in [7, 11) is -3.14. The molecule has 2 aliphatic rings. The Labute approximate surface area is 164 Å². The number of quaternary nitrogens is 1. The molecule has 144 valence electrons. The summed E-state index contributed by atoms with van der Waals surface area (Å²) in [5.74, 6) is -0.270. The molecule has 0 aliphatic carbocycles. The number of rotatable bonds is 4. The number of amides is 1. The van der Waals surface area contributed by atoms with Gasteiger partial charge in [-0.1, -0.05) is 17.7 Å². The molecular weight excluding hydrogens is 397 g/mol. The molecule has 0 radical (unpaired) electrons. The highest BCUT2D eigenvalue weighted by Gasteiger charge is 2.37. The van der Waals surface area contributed by atoms with Crippen molar-refractivity contribution in [1.82, 2.24) is 5.32 Å². The number of nitrogens with one attached hydrogen (secondary N) is 2. The van der Waals surface area contributed by atoms with Crippen LogP contribution in [0.25, 0.3) is 0 Å². The van der Waals surface area contributed by atoms with Crippen LogP contribution in [0.1, 0.15) is 5.56 Å². The quantitative estimate of drug-likeness (QED) is 0.665. The molecule has 3 rings (SSSR count). The van der Waals surface area contributed by atoms with Crippen LogP contribution in [0.2, 0.25) is 5.02 Å². The van der Waals surface area contributed by atoms with Gasteiger partial charge in [0, 0.05) is 10.7 Å². The van der Waals surface area contributed by atoms with Gasteiger partial charge in [-0.3, -0.25) is 4.79 Å². The van der Waals surface area contributed by atoms with Gasteiger partial charge >= 0.3 is 0 Å². The van der Waals surface area contributed by atoms with E-state index in [4.69, 9.17) is 23.2 Å². The van der Waals surface area contributed by atoms with E-state index in [-0.39, 0.29) is 17.4 Å². The zero-order valence-electron chi connectivity index (χ0n) is 14.7. The van der Waals surface area contributed by atoms with E-state index in [1.165, 1.54) is 10.5 Å². The smallest absolute Gasteiger partial charge is 0.275 e. The van der Waals surface area contributed by atoms with Crippen molar-refractivity contribution in [3.8, 4) is 0 Å². The maximum absolute atomic E-state index is 12.3. The summed E-state index contributed by atoms with van der Waals surface area (Å²) < 4.78 is 23.2. The fourth-order valence-electron chi connectivity index (χ4n) is 3.59. The first-order valence-electron chi connectivity index (χ1n) is 8.72. The molecular formula is C17H24Cl2N3O3S+. The first-order chi connectivity index (χ1) is 12.2. The molecule has 0 saturated carbocycles. The van der Waals surface area contributed by atoms with Crippen LogP contribution in [0.15, 0.2) is 18.2 Å². The molecule has 1 amide bonds. The van der Waals surface area contributed by atoms with Crippen molar-refractivity contribution in [1.29, 1.82) is 0 Å². The summed E-state index contributed by atoms with van der Waals surface area (Å²) in [6.45, 7) is 5.78. The van der Waals surface area contributed by atoms with Gasteiger partial charge in [0.15, 0.2) is 16.4 Å². The number of alkyl halides is 1. The van der Waals surface area contributed by atoms with Crippen LogP contribution in [0.5, 0.6) is 0 Å². The fraction of sp³-hybridized carbons (Fsp3) is 0.588. The van der Waals surface area contributed by atoms with Gasteiger partial charge in [0.2, 0.25) is 0 Å². The largest absolute Gasteiger partial charge is 0.360 e. The van der Waals surface area contributed by atoms with Gasteiger partial charge in [-0.05, 0) is 24.6 Å². The van der Waals surface area contributed by atoms with Crippen LogP contribution in [0, 0.1) is 6.92 Å². The molecule has 2 heterocycles. The van der Waals surface area contributed by atoms with Crippen LogP contribution in [0.4, 0.5) is 5.69 Å². The van der Waals surface area contributed by atoms with Crippen molar-refractivity contribution < 1.29 is 18.1 Å². The molecule has 1 aromatic rings. The van der Waals surface area contributed by atoms with Crippen LogP contribution in [-0.2, 0) is 14.6 Å². The van der Waals surface area contributed by atoms with Gasteiger partial charge in [0.05, 0.1) is 49.1 Å². The average molecular weight is 421 g/mol. The van der Waals surface area contributed by atoms with Crippen molar-refractivity contribution >= 4 is 44.6 Å². The van der Waals surface area contributed by atoms with Gasteiger partial charge in [-0.2, -0.15) is 0 Å². The van der Waals surface area contributed by atoms with E-state index in [0.717, 1.165) is 36.9 Å². The highest BCUT2D eigenvalue weighted by Crippen LogP contribution is 2.24. The number of piperazine rings is 1. The summed E-state index contributed by atoms with van der Waals surface area (Å²) in [5, 5.41) is 2.97. The number of anilines is 1. The lowest BCUT2D eigenvalue weighted by molar-refractivity contribution is -0.892. The summed E-state index contributed by atoms with van der Waals surface area (Å²) >= 11 is 12.2. The van der Waals surface area contributed by atoms with Gasteiger partial charge in [0.25, 0.3) is 5.91 Å². The minimum atomic E-state index is -3.14. The molecule has 2 fully saturated rings. The predicted molar refractivity (Wildman–Crippen MR) is 104 cm³/mol. The summed E-state index contributed by atoms with van der Waals surface area (Å²) in [5.41, 5.74) is 2.33. The van der Waals surface area contributed by atoms with Crippen LogP contribution in [0.3, 0.4) is 0 Å². The molecule has 6 nitrogen and oxygen atoms in total. The van der Waals surface area contributed by atoms with Gasteiger partial charge in [-0.15, -0.1) is 11.6 Å². The third-order valence-corrected chi connectivity index (χ3v) is 7.63. The lowest BCUT2D eigenvalue weighted by Gasteiger charge is -2.34. The van der Waals surface area contributed by atoms with E-state index in [9.17, 15) is 13.2 Å². The highest BCUT2D eigenvalue weighted by atomic mass is 35.5. The Morgan fingerprint density at radius 2 is 2.00 bits per heavy atom. The number of hydrogen-bond acceptors (Lipinski definition) is 4. The second-order valence-electron chi connectivity index (χ2n) is 7.11. The fourth-order valence-corrected chi connectivity index (χ4v) is 6.30. The zero-order valence-corrected chi connectivity index (χ0v) is 17.0. The molecule has 0 aromatic heterocycles. The number of hydrogen-bond donors (Lipinski definition) is 2. The van der Waals surface area contributed by atoms with Crippen LogP contribution < -0.4 is 15.1 Å². The van der Waals surface area contributed by atoms with Crippen LogP contribution in [-0.4, -0.2) is 70.0 Å². The van der Waals surface area contributed by atoms with Gasteiger partial charge in [0.1, 0.15) is 0 Å². The Morgan fingerprint density at radius 1 is 1.31 bits per heavy atom. The molecule has 0 spiro atoms. The first kappa shape index (κ1) is 19.7. The maximum Gasteiger partial charge on any atom is 0.275 e. The number of carbonyl (C=O) groups is 1. The minimum Gasteiger partial charge on any atom is -0.360 e. The highest BCUT2D eigenvalue weighted by molar-refractivity contribution is 7.91. The number of carbonyl (C=O) groups excluding carboxylic acids is 1. The Kier molecular flexibility index (Phi) is 6.01. The van der Waals surface area contributed by atoms with Crippen molar-refractivity contribution in [2.45, 2.75) is 18.3 Å². The summed E-state index contributed by atoms with van der Waals surface area (Å²) in [6.07, 6.45) is 0. The molecule has 2 saturated heterocycles. The van der Waals surface area contributed by atoms with E-state index in [0.29, 0.717) is 6.54 Å². The molecule has 0 unspecified atom stereocenters. The van der Waals surface area contributed by atoms with Crippen LogP contribution >= 0.6 is 23.2 Å². The number of nitrogens with zero attached hydrogens (tertiary/aromatic N) is 1. The topological polar surface area (TPSA) is 70.9 Å². The van der Waals surface area contributed by atoms with E-state index in [1.807, 2.05) is 18.2 Å². The second kappa shape index (κ2) is 7.92. The third-order valence-electron chi connectivity index (χ3n) is 5.02. The predicted octanol–water partition coefficient (Wildman–Crippen LogP) is -0.126. The van der Waals surface area contributed by atoms with E-state index in [1.54, 1.807) is 0 Å². The molecule has 1 aromatic carbocycles. The standard InChI is InChI=1S/C17H23Cl2N3O3S/c1-12-2-3-13(18)8-16(12)22-6-4-21(5-7-22)9-17(23)20-15-11-26(24,25)10-14(15)19/h2-3,8,14-15H,4-7,9-11H2,1H3,(H,20,23)/p+1/t14-,15+/m1/s1. The van der Waals surface area contributed by atoms with E-state index >= 15 is 0 Å². The van der Waals surface area contributed by atoms with Crippen molar-refractivity contribution in [3.05, 3.63) is 28.8 Å². The molecule has 0 bridgehead atoms. The zero-order chi connectivity index (χ0) is 18.9. The van der Waals surface area contributed by atoms with Gasteiger partial charge < -0.3 is 15.1 Å². The molecule has 2 atom stereocenters. The Bertz CT molecular complexity index is 779. The molecule has 9 heteroatoms. The summed E-state index contributed by atoms with van der Waals surface area (Å²) in [6, 6.07) is 5.40.